The molecule has 2 rings (SSSR count). The molecule has 1 aromatic rings. The Hall–Kier alpha value is -0.900. The fourth-order valence-electron chi connectivity index (χ4n) is 3.01. The van der Waals surface area contributed by atoms with Crippen LogP contribution in [-0.4, -0.2) is 37.5 Å². The van der Waals surface area contributed by atoms with Crippen molar-refractivity contribution in [2.75, 3.05) is 20.3 Å². The lowest BCUT2D eigenvalue weighted by molar-refractivity contribution is 0.0610. The average Bonchev–Trinajstić information content (AvgIpc) is 2.47. The molecule has 1 fully saturated rings. The molecule has 0 aliphatic heterocycles. The molecule has 2 N–H and O–H groups in total. The van der Waals surface area contributed by atoms with E-state index in [1.807, 2.05) is 0 Å². The van der Waals surface area contributed by atoms with Crippen molar-refractivity contribution in [2.45, 2.75) is 43.7 Å². The van der Waals surface area contributed by atoms with E-state index in [4.69, 9.17) is 4.74 Å². The van der Waals surface area contributed by atoms with E-state index in [9.17, 15) is 5.11 Å². The van der Waals surface area contributed by atoms with E-state index in [-0.39, 0.29) is 0 Å². The first kappa shape index (κ1) is 14.5. The molecule has 0 bridgehead atoms. The van der Waals surface area contributed by atoms with Gasteiger partial charge in [0, 0.05) is 19.7 Å². The van der Waals surface area contributed by atoms with Gasteiger partial charge in [0.15, 0.2) is 0 Å². The van der Waals surface area contributed by atoms with E-state index >= 15 is 0 Å². The van der Waals surface area contributed by atoms with E-state index in [2.05, 4.69) is 35.6 Å². The van der Waals surface area contributed by atoms with Crippen LogP contribution in [0.25, 0.3) is 0 Å². The molecule has 3 atom stereocenters. The lowest BCUT2D eigenvalue weighted by atomic mass is 9.80. The Morgan fingerprint density at radius 1 is 1.26 bits per heavy atom. The third kappa shape index (κ3) is 4.30. The largest absolute Gasteiger partial charge is 0.389 e. The number of aliphatic hydroxyl groups excluding tert-OH is 1. The number of rotatable bonds is 6. The van der Waals surface area contributed by atoms with Crippen molar-refractivity contribution in [3.63, 3.8) is 0 Å². The second-order valence-corrected chi connectivity index (χ2v) is 5.43. The predicted octanol–water partition coefficient (Wildman–Crippen LogP) is 2.31. The maximum Gasteiger partial charge on any atom is 0.0897 e. The zero-order chi connectivity index (χ0) is 13.5. The molecule has 1 saturated carbocycles. The second-order valence-electron chi connectivity index (χ2n) is 5.43. The van der Waals surface area contributed by atoms with E-state index in [0.29, 0.717) is 25.1 Å². The van der Waals surface area contributed by atoms with Gasteiger partial charge in [0.25, 0.3) is 0 Å². The molecule has 19 heavy (non-hydrogen) atoms. The maximum atomic E-state index is 9.75. The number of methoxy groups -OCH3 is 1. The summed E-state index contributed by atoms with van der Waals surface area (Å²) < 4.78 is 4.96. The standard InChI is InChI=1S/C16H25NO2/c1-19-12-14(18)11-17-16-10-6-5-9-15(16)13-7-3-2-4-8-13/h2-4,7-8,14-18H,5-6,9-12H2,1H3. The van der Waals surface area contributed by atoms with Gasteiger partial charge in [0.05, 0.1) is 12.7 Å². The van der Waals surface area contributed by atoms with Gasteiger partial charge < -0.3 is 15.2 Å². The molecule has 0 spiro atoms. The van der Waals surface area contributed by atoms with Gasteiger partial charge in [-0.15, -0.1) is 0 Å². The van der Waals surface area contributed by atoms with Crippen LogP contribution in [0, 0.1) is 0 Å². The third-order valence-electron chi connectivity index (χ3n) is 3.97. The lowest BCUT2D eigenvalue weighted by Gasteiger charge is -2.33. The molecule has 0 heterocycles. The molecule has 3 heteroatoms. The smallest absolute Gasteiger partial charge is 0.0897 e. The molecule has 3 unspecified atom stereocenters. The zero-order valence-corrected chi connectivity index (χ0v) is 11.7. The maximum absolute atomic E-state index is 9.75. The number of nitrogens with one attached hydrogen (secondary N) is 1. The summed E-state index contributed by atoms with van der Waals surface area (Å²) in [5.41, 5.74) is 1.42. The van der Waals surface area contributed by atoms with Crippen LogP contribution in [0.3, 0.4) is 0 Å². The minimum Gasteiger partial charge on any atom is -0.389 e. The number of aliphatic hydroxyl groups is 1. The van der Waals surface area contributed by atoms with E-state index < -0.39 is 6.10 Å². The van der Waals surface area contributed by atoms with Crippen molar-refractivity contribution in [1.82, 2.24) is 5.32 Å². The van der Waals surface area contributed by atoms with E-state index in [0.717, 1.165) is 0 Å². The molecular formula is C16H25NO2. The highest BCUT2D eigenvalue weighted by Crippen LogP contribution is 2.32. The quantitative estimate of drug-likeness (QED) is 0.827. The number of hydrogen-bond donors (Lipinski definition) is 2. The Bertz CT molecular complexity index is 355. The summed E-state index contributed by atoms with van der Waals surface area (Å²) in [7, 11) is 1.62. The highest BCUT2D eigenvalue weighted by atomic mass is 16.5. The van der Waals surface area contributed by atoms with Crippen molar-refractivity contribution in [3.05, 3.63) is 35.9 Å². The fraction of sp³-hybridized carbons (Fsp3) is 0.625. The predicted molar refractivity (Wildman–Crippen MR) is 77.3 cm³/mol. The van der Waals surface area contributed by atoms with Crippen LogP contribution in [0.2, 0.25) is 0 Å². The van der Waals surface area contributed by atoms with E-state index in [1.54, 1.807) is 7.11 Å². The normalized spacial score (nSPS) is 25.2. The van der Waals surface area contributed by atoms with Gasteiger partial charge in [-0.05, 0) is 24.3 Å². The van der Waals surface area contributed by atoms with Crippen LogP contribution >= 0.6 is 0 Å². The SMILES string of the molecule is COCC(O)CNC1CCCCC1c1ccccc1. The van der Waals surface area contributed by atoms with Crippen LogP contribution in [0.4, 0.5) is 0 Å². The Labute approximate surface area is 116 Å². The van der Waals surface area contributed by atoms with Crippen molar-refractivity contribution in [3.8, 4) is 0 Å². The Balaban J connectivity index is 1.93. The van der Waals surface area contributed by atoms with Crippen molar-refractivity contribution in [1.29, 1.82) is 0 Å². The molecular weight excluding hydrogens is 238 g/mol. The molecule has 3 nitrogen and oxygen atoms in total. The molecule has 1 aliphatic carbocycles. The molecule has 1 aromatic carbocycles. The second kappa shape index (κ2) is 7.63. The summed E-state index contributed by atoms with van der Waals surface area (Å²) in [6.45, 7) is 1.01. The Morgan fingerprint density at radius 2 is 2.00 bits per heavy atom. The summed E-state index contributed by atoms with van der Waals surface area (Å²) >= 11 is 0. The first-order valence-corrected chi connectivity index (χ1v) is 7.26. The first-order valence-electron chi connectivity index (χ1n) is 7.26. The highest BCUT2D eigenvalue weighted by Gasteiger charge is 2.26. The van der Waals surface area contributed by atoms with Crippen LogP contribution in [-0.2, 0) is 4.74 Å². The Morgan fingerprint density at radius 3 is 2.74 bits per heavy atom. The summed E-state index contributed by atoms with van der Waals surface area (Å²) in [6.07, 6.45) is 4.60. The average molecular weight is 263 g/mol. The molecule has 0 radical (unpaired) electrons. The molecule has 1 aliphatic rings. The monoisotopic (exact) mass is 263 g/mol. The highest BCUT2D eigenvalue weighted by molar-refractivity contribution is 5.22. The van der Waals surface area contributed by atoms with E-state index in [1.165, 1.54) is 31.2 Å². The van der Waals surface area contributed by atoms with Crippen LogP contribution in [0.15, 0.2) is 30.3 Å². The van der Waals surface area contributed by atoms with Crippen LogP contribution in [0.1, 0.15) is 37.2 Å². The number of hydrogen-bond acceptors (Lipinski definition) is 3. The molecule has 0 aromatic heterocycles. The van der Waals surface area contributed by atoms with Gasteiger partial charge in [-0.25, -0.2) is 0 Å². The van der Waals surface area contributed by atoms with Crippen LogP contribution in [0.5, 0.6) is 0 Å². The summed E-state index contributed by atoms with van der Waals surface area (Å²) in [5, 5.41) is 13.3. The van der Waals surface area contributed by atoms with Crippen molar-refractivity contribution >= 4 is 0 Å². The van der Waals surface area contributed by atoms with Gasteiger partial charge in [-0.3, -0.25) is 0 Å². The van der Waals surface area contributed by atoms with Crippen molar-refractivity contribution < 1.29 is 9.84 Å². The topological polar surface area (TPSA) is 41.5 Å². The Kier molecular flexibility index (Phi) is 5.83. The van der Waals surface area contributed by atoms with Gasteiger partial charge >= 0.3 is 0 Å². The summed E-state index contributed by atoms with van der Waals surface area (Å²) in [6, 6.07) is 11.2. The van der Waals surface area contributed by atoms with Crippen LogP contribution < -0.4 is 5.32 Å². The lowest BCUT2D eigenvalue weighted by Crippen LogP contribution is -2.42. The summed E-state index contributed by atoms with van der Waals surface area (Å²) in [4.78, 5) is 0. The fourth-order valence-corrected chi connectivity index (χ4v) is 3.01. The van der Waals surface area contributed by atoms with Crippen molar-refractivity contribution in [2.24, 2.45) is 0 Å². The zero-order valence-electron chi connectivity index (χ0n) is 11.7. The number of ether oxygens (including phenoxy) is 1. The summed E-state index contributed by atoms with van der Waals surface area (Å²) in [5.74, 6) is 0.574. The first-order chi connectivity index (χ1) is 9.31. The molecule has 0 amide bonds. The van der Waals surface area contributed by atoms with Gasteiger partial charge in [-0.2, -0.15) is 0 Å². The van der Waals surface area contributed by atoms with Gasteiger partial charge in [-0.1, -0.05) is 43.2 Å². The number of benzene rings is 1. The minimum atomic E-state index is -0.414. The van der Waals surface area contributed by atoms with Gasteiger partial charge in [0.2, 0.25) is 0 Å². The van der Waals surface area contributed by atoms with Gasteiger partial charge in [0.1, 0.15) is 0 Å². The molecule has 106 valence electrons. The third-order valence-corrected chi connectivity index (χ3v) is 3.97. The molecule has 0 saturated heterocycles. The minimum absolute atomic E-state index is 0.399.